The minimum atomic E-state index is -0.484. The average molecular weight is 293 g/mol. The van der Waals surface area contributed by atoms with Gasteiger partial charge in [0, 0.05) is 6.04 Å². The van der Waals surface area contributed by atoms with Crippen molar-refractivity contribution in [3.05, 3.63) is 66.2 Å². The number of nitrogens with zero attached hydrogens (tertiary/aromatic N) is 2. The molecule has 0 fully saturated rings. The SMILES string of the molecule is CC(C)NC1=NC(c2ccccc2)C(=O)N1c1ccccc1. The van der Waals surface area contributed by atoms with Crippen molar-refractivity contribution in [1.29, 1.82) is 0 Å². The highest BCUT2D eigenvalue weighted by molar-refractivity contribution is 6.22. The molecule has 1 N–H and O–H groups in total. The predicted molar refractivity (Wildman–Crippen MR) is 88.8 cm³/mol. The fraction of sp³-hybridized carbons (Fsp3) is 0.222. The molecule has 1 aliphatic heterocycles. The second-order valence-electron chi connectivity index (χ2n) is 5.57. The summed E-state index contributed by atoms with van der Waals surface area (Å²) in [5.41, 5.74) is 1.74. The molecule has 4 nitrogen and oxygen atoms in total. The molecule has 0 saturated carbocycles. The lowest BCUT2D eigenvalue weighted by atomic mass is 10.1. The van der Waals surface area contributed by atoms with Crippen molar-refractivity contribution in [2.45, 2.75) is 25.9 Å². The number of anilines is 1. The predicted octanol–water partition coefficient (Wildman–Crippen LogP) is 3.13. The minimum Gasteiger partial charge on any atom is -0.353 e. The third-order valence-corrected chi connectivity index (χ3v) is 3.46. The monoisotopic (exact) mass is 293 g/mol. The number of carbonyl (C=O) groups excluding carboxylic acids is 1. The molecular weight excluding hydrogens is 274 g/mol. The Kier molecular flexibility index (Phi) is 3.92. The number of rotatable bonds is 3. The van der Waals surface area contributed by atoms with Crippen LogP contribution in [-0.4, -0.2) is 17.9 Å². The zero-order chi connectivity index (χ0) is 15.5. The van der Waals surface area contributed by atoms with Crippen LogP contribution in [0, 0.1) is 0 Å². The fourth-order valence-electron chi connectivity index (χ4n) is 2.50. The van der Waals surface area contributed by atoms with Gasteiger partial charge in [-0.3, -0.25) is 4.79 Å². The lowest BCUT2D eigenvalue weighted by Gasteiger charge is -2.21. The van der Waals surface area contributed by atoms with Gasteiger partial charge >= 0.3 is 0 Å². The number of nitrogens with one attached hydrogen (secondary N) is 1. The lowest BCUT2D eigenvalue weighted by molar-refractivity contribution is -0.118. The van der Waals surface area contributed by atoms with Crippen LogP contribution in [0.2, 0.25) is 0 Å². The van der Waals surface area contributed by atoms with Crippen molar-refractivity contribution in [2.24, 2.45) is 4.99 Å². The zero-order valence-corrected chi connectivity index (χ0v) is 12.7. The van der Waals surface area contributed by atoms with Gasteiger partial charge in [-0.1, -0.05) is 48.5 Å². The molecule has 2 aromatic rings. The number of guanidine groups is 1. The summed E-state index contributed by atoms with van der Waals surface area (Å²) in [5, 5.41) is 3.28. The average Bonchev–Trinajstić information content (AvgIpc) is 2.85. The van der Waals surface area contributed by atoms with Crippen LogP contribution in [0.4, 0.5) is 5.69 Å². The quantitative estimate of drug-likeness (QED) is 0.945. The molecular formula is C18H19N3O. The summed E-state index contributed by atoms with van der Waals surface area (Å²) in [7, 11) is 0. The molecule has 4 heteroatoms. The first-order valence-corrected chi connectivity index (χ1v) is 7.45. The van der Waals surface area contributed by atoms with Crippen molar-refractivity contribution in [3.8, 4) is 0 Å². The molecule has 3 rings (SSSR count). The molecule has 0 radical (unpaired) electrons. The molecule has 112 valence electrons. The van der Waals surface area contributed by atoms with Crippen LogP contribution in [0.3, 0.4) is 0 Å². The topological polar surface area (TPSA) is 44.7 Å². The largest absolute Gasteiger partial charge is 0.353 e. The summed E-state index contributed by atoms with van der Waals surface area (Å²) in [6, 6.07) is 19.0. The number of carbonyl (C=O) groups is 1. The maximum Gasteiger partial charge on any atom is 0.263 e. The van der Waals surface area contributed by atoms with E-state index in [4.69, 9.17) is 0 Å². The van der Waals surface area contributed by atoms with Crippen molar-refractivity contribution < 1.29 is 4.79 Å². The van der Waals surface area contributed by atoms with Gasteiger partial charge in [-0.05, 0) is 31.5 Å². The van der Waals surface area contributed by atoms with E-state index in [0.29, 0.717) is 5.96 Å². The third kappa shape index (κ3) is 2.72. The van der Waals surface area contributed by atoms with E-state index in [0.717, 1.165) is 11.3 Å². The van der Waals surface area contributed by atoms with E-state index < -0.39 is 6.04 Å². The van der Waals surface area contributed by atoms with Gasteiger partial charge in [-0.2, -0.15) is 0 Å². The van der Waals surface area contributed by atoms with Crippen molar-refractivity contribution in [1.82, 2.24) is 5.32 Å². The van der Waals surface area contributed by atoms with Crippen LogP contribution >= 0.6 is 0 Å². The van der Waals surface area contributed by atoms with Gasteiger partial charge in [-0.25, -0.2) is 9.89 Å². The summed E-state index contributed by atoms with van der Waals surface area (Å²) in [6.07, 6.45) is 0. The summed E-state index contributed by atoms with van der Waals surface area (Å²) in [6.45, 7) is 4.07. The molecule has 0 bridgehead atoms. The number of benzene rings is 2. The highest BCUT2D eigenvalue weighted by Gasteiger charge is 2.36. The Labute approximate surface area is 130 Å². The summed E-state index contributed by atoms with van der Waals surface area (Å²) in [4.78, 5) is 19.2. The van der Waals surface area contributed by atoms with Crippen LogP contribution in [0.1, 0.15) is 25.5 Å². The molecule has 0 aliphatic carbocycles. The number of amides is 1. The summed E-state index contributed by atoms with van der Waals surface area (Å²) >= 11 is 0. The zero-order valence-electron chi connectivity index (χ0n) is 12.7. The van der Waals surface area contributed by atoms with Crippen molar-refractivity contribution in [2.75, 3.05) is 4.90 Å². The van der Waals surface area contributed by atoms with Crippen LogP contribution in [0.15, 0.2) is 65.7 Å². The number of hydrogen-bond donors (Lipinski definition) is 1. The normalized spacial score (nSPS) is 17.8. The Morgan fingerprint density at radius 3 is 2.18 bits per heavy atom. The fourth-order valence-corrected chi connectivity index (χ4v) is 2.50. The second-order valence-corrected chi connectivity index (χ2v) is 5.57. The van der Waals surface area contributed by atoms with E-state index in [9.17, 15) is 4.79 Å². The van der Waals surface area contributed by atoms with Gasteiger partial charge in [0.1, 0.15) is 0 Å². The molecule has 2 aromatic carbocycles. The molecule has 1 amide bonds. The third-order valence-electron chi connectivity index (χ3n) is 3.46. The Balaban J connectivity index is 1.99. The van der Waals surface area contributed by atoms with Crippen molar-refractivity contribution >= 4 is 17.6 Å². The molecule has 1 heterocycles. The summed E-state index contributed by atoms with van der Waals surface area (Å²) < 4.78 is 0. The van der Waals surface area contributed by atoms with Gasteiger partial charge in [0.25, 0.3) is 5.91 Å². The molecule has 22 heavy (non-hydrogen) atoms. The number of aliphatic imine (C=N–C) groups is 1. The Bertz CT molecular complexity index is 680. The lowest BCUT2D eigenvalue weighted by Crippen LogP contribution is -2.44. The maximum atomic E-state index is 12.9. The Hall–Kier alpha value is -2.62. The Morgan fingerprint density at radius 2 is 1.59 bits per heavy atom. The van der Waals surface area contributed by atoms with E-state index in [-0.39, 0.29) is 11.9 Å². The van der Waals surface area contributed by atoms with Crippen LogP contribution < -0.4 is 10.2 Å². The van der Waals surface area contributed by atoms with Gasteiger partial charge in [0.05, 0.1) is 5.69 Å². The smallest absolute Gasteiger partial charge is 0.263 e. The molecule has 0 saturated heterocycles. The van der Waals surface area contributed by atoms with E-state index >= 15 is 0 Å². The maximum absolute atomic E-state index is 12.9. The van der Waals surface area contributed by atoms with E-state index in [2.05, 4.69) is 10.3 Å². The molecule has 0 aromatic heterocycles. The van der Waals surface area contributed by atoms with Crippen molar-refractivity contribution in [3.63, 3.8) is 0 Å². The minimum absolute atomic E-state index is 0.0273. The molecule has 0 spiro atoms. The standard InChI is InChI=1S/C18H19N3O/c1-13(2)19-18-20-16(14-9-5-3-6-10-14)17(22)21(18)15-11-7-4-8-12-15/h3-13,16H,1-2H3,(H,19,20). The highest BCUT2D eigenvalue weighted by atomic mass is 16.2. The molecule has 1 atom stereocenters. The van der Waals surface area contributed by atoms with Gasteiger partial charge < -0.3 is 5.32 Å². The van der Waals surface area contributed by atoms with Gasteiger partial charge in [0.2, 0.25) is 5.96 Å². The Morgan fingerprint density at radius 1 is 1.00 bits per heavy atom. The van der Waals surface area contributed by atoms with Crippen LogP contribution in [0.5, 0.6) is 0 Å². The van der Waals surface area contributed by atoms with E-state index in [1.54, 1.807) is 4.90 Å². The summed E-state index contributed by atoms with van der Waals surface area (Å²) in [5.74, 6) is 0.584. The van der Waals surface area contributed by atoms with Gasteiger partial charge in [0.15, 0.2) is 6.04 Å². The first-order valence-electron chi connectivity index (χ1n) is 7.45. The second kappa shape index (κ2) is 6.02. The van der Waals surface area contributed by atoms with Crippen LogP contribution in [0.25, 0.3) is 0 Å². The van der Waals surface area contributed by atoms with E-state index in [1.807, 2.05) is 74.5 Å². The first kappa shape index (κ1) is 14.3. The highest BCUT2D eigenvalue weighted by Crippen LogP contribution is 2.29. The molecule has 1 aliphatic rings. The van der Waals surface area contributed by atoms with E-state index in [1.165, 1.54) is 0 Å². The first-order chi connectivity index (χ1) is 10.7. The number of para-hydroxylation sites is 1. The number of hydrogen-bond acceptors (Lipinski definition) is 3. The molecule has 1 unspecified atom stereocenters. The van der Waals surface area contributed by atoms with Crippen LogP contribution in [-0.2, 0) is 4.79 Å². The van der Waals surface area contributed by atoms with Gasteiger partial charge in [-0.15, -0.1) is 0 Å².